The van der Waals surface area contributed by atoms with Gasteiger partial charge < -0.3 is 20.1 Å². The molecule has 0 aromatic heterocycles. The third kappa shape index (κ3) is 5.35. The third-order valence-corrected chi connectivity index (χ3v) is 4.34. The number of nitrogens with zero attached hydrogens (tertiary/aromatic N) is 1. The Labute approximate surface area is 151 Å². The van der Waals surface area contributed by atoms with Crippen LogP contribution >= 0.6 is 0 Å². The quantitative estimate of drug-likeness (QED) is 0.832. The normalized spacial score (nSPS) is 20.3. The zero-order valence-electron chi connectivity index (χ0n) is 15.2. The molecule has 8 heteroatoms. The molecule has 1 fully saturated rings. The van der Waals surface area contributed by atoms with E-state index in [4.69, 9.17) is 15.2 Å². The molecule has 1 saturated heterocycles. The molecule has 2 atom stereocenters. The average Bonchev–Trinajstić information content (AvgIpc) is 3.01. The predicted octanol–water partition coefficient (Wildman–Crippen LogP) is 2.71. The van der Waals surface area contributed by atoms with Gasteiger partial charge in [0.25, 0.3) is 5.91 Å². The van der Waals surface area contributed by atoms with E-state index in [1.165, 1.54) is 0 Å². The lowest BCUT2D eigenvalue weighted by atomic mass is 10.0. The molecule has 1 aliphatic rings. The number of benzene rings is 1. The van der Waals surface area contributed by atoms with E-state index in [1.807, 2.05) is 0 Å². The minimum absolute atomic E-state index is 0.0769. The van der Waals surface area contributed by atoms with Gasteiger partial charge in [-0.15, -0.1) is 0 Å². The number of halogens is 3. The van der Waals surface area contributed by atoms with Gasteiger partial charge in [0.05, 0.1) is 6.10 Å². The number of carbonyl (C=O) groups is 1. The highest BCUT2D eigenvalue weighted by Crippen LogP contribution is 2.28. The lowest BCUT2D eigenvalue weighted by Crippen LogP contribution is -2.36. The summed E-state index contributed by atoms with van der Waals surface area (Å²) in [5.41, 5.74) is 7.59. The molecule has 0 bridgehead atoms. The molecule has 0 radical (unpaired) electrons. The molecule has 146 valence electrons. The Morgan fingerprint density at radius 3 is 2.42 bits per heavy atom. The molecule has 0 spiro atoms. The first-order chi connectivity index (χ1) is 12.1. The van der Waals surface area contributed by atoms with Gasteiger partial charge in [-0.1, -0.05) is 12.1 Å². The summed E-state index contributed by atoms with van der Waals surface area (Å²) >= 11 is 0. The molecule has 26 heavy (non-hydrogen) atoms. The first-order valence-electron chi connectivity index (χ1n) is 8.51. The number of hydrogen-bond acceptors (Lipinski definition) is 4. The van der Waals surface area contributed by atoms with Gasteiger partial charge in [-0.2, -0.15) is 13.2 Å². The molecule has 0 saturated carbocycles. The summed E-state index contributed by atoms with van der Waals surface area (Å²) in [6, 6.07) is 3.47. The highest BCUT2D eigenvalue weighted by molar-refractivity contribution is 5.81. The van der Waals surface area contributed by atoms with Crippen LogP contribution in [0.4, 0.5) is 13.2 Å². The Morgan fingerprint density at radius 1 is 1.31 bits per heavy atom. The summed E-state index contributed by atoms with van der Waals surface area (Å²) in [5, 5.41) is 0. The first kappa shape index (κ1) is 20.5. The van der Waals surface area contributed by atoms with Crippen LogP contribution in [0.25, 0.3) is 0 Å². The molecule has 1 aliphatic heterocycles. The second-order valence-electron chi connectivity index (χ2n) is 6.72. The largest absolute Gasteiger partial charge is 0.484 e. The van der Waals surface area contributed by atoms with Gasteiger partial charge in [-0.05, 0) is 43.4 Å². The molecule has 0 unspecified atom stereocenters. The molecular weight excluding hydrogens is 349 g/mol. The van der Waals surface area contributed by atoms with E-state index in [2.05, 4.69) is 0 Å². The highest BCUT2D eigenvalue weighted by atomic mass is 19.4. The molecule has 1 heterocycles. The number of amides is 1. The van der Waals surface area contributed by atoms with E-state index in [9.17, 15) is 18.0 Å². The van der Waals surface area contributed by atoms with E-state index in [0.717, 1.165) is 12.0 Å². The minimum atomic E-state index is -4.38. The van der Waals surface area contributed by atoms with Crippen molar-refractivity contribution in [2.24, 2.45) is 5.73 Å². The fraction of sp³-hybridized carbons (Fsp3) is 0.611. The molecule has 1 aromatic carbocycles. The number of hydrogen-bond donors (Lipinski definition) is 1. The molecule has 2 N–H and O–H groups in total. The molecule has 1 aromatic rings. The van der Waals surface area contributed by atoms with Crippen LogP contribution in [0.1, 0.15) is 29.5 Å². The van der Waals surface area contributed by atoms with Gasteiger partial charge in [0, 0.05) is 20.1 Å². The number of ether oxygens (including phenoxy) is 2. The van der Waals surface area contributed by atoms with Gasteiger partial charge in [0.15, 0.2) is 6.61 Å². The molecular formula is C18H25F3N2O3. The summed E-state index contributed by atoms with van der Waals surface area (Å²) < 4.78 is 47.6. The van der Waals surface area contributed by atoms with E-state index < -0.39 is 18.9 Å². The predicted molar refractivity (Wildman–Crippen MR) is 90.9 cm³/mol. The van der Waals surface area contributed by atoms with Crippen molar-refractivity contribution >= 4 is 5.91 Å². The Hall–Kier alpha value is -1.80. The summed E-state index contributed by atoms with van der Waals surface area (Å²) in [5.74, 6) is 0.110. The lowest BCUT2D eigenvalue weighted by Gasteiger charge is -2.22. The zero-order chi connectivity index (χ0) is 19.5. The highest BCUT2D eigenvalue weighted by Gasteiger charge is 2.32. The van der Waals surface area contributed by atoms with Crippen molar-refractivity contribution in [2.45, 2.75) is 51.6 Å². The van der Waals surface area contributed by atoms with Gasteiger partial charge in [-0.25, -0.2) is 0 Å². The molecule has 5 nitrogen and oxygen atoms in total. The van der Waals surface area contributed by atoms with E-state index in [1.54, 1.807) is 37.9 Å². The standard InChI is InChI=1S/C18H25F3N2O3/c1-11-6-13(7-12(2)16(11)25-10-18(19,20)21)9-23(3)17(24)15-5-4-14(8-22)26-15/h6-7,14-15H,4-5,8-10,22H2,1-3H3/t14-,15+/m1/s1. The third-order valence-electron chi connectivity index (χ3n) is 4.34. The Morgan fingerprint density at radius 2 is 1.92 bits per heavy atom. The number of likely N-dealkylation sites (N-methyl/N-ethyl adjacent to an activating group) is 1. The maximum absolute atomic E-state index is 12.5. The van der Waals surface area contributed by atoms with E-state index in [0.29, 0.717) is 30.6 Å². The van der Waals surface area contributed by atoms with Crippen LogP contribution in [0.15, 0.2) is 12.1 Å². The van der Waals surface area contributed by atoms with Crippen LogP contribution in [0, 0.1) is 13.8 Å². The summed E-state index contributed by atoms with van der Waals surface area (Å²) in [6.07, 6.45) is -3.53. The first-order valence-corrected chi connectivity index (χ1v) is 8.51. The fourth-order valence-corrected chi connectivity index (χ4v) is 3.17. The van der Waals surface area contributed by atoms with Crippen LogP contribution in [0.5, 0.6) is 5.75 Å². The number of carbonyl (C=O) groups excluding carboxylic acids is 1. The molecule has 1 amide bonds. The fourth-order valence-electron chi connectivity index (χ4n) is 3.17. The minimum Gasteiger partial charge on any atom is -0.484 e. The van der Waals surface area contributed by atoms with Gasteiger partial charge in [-0.3, -0.25) is 4.79 Å². The second kappa shape index (κ2) is 8.26. The van der Waals surface area contributed by atoms with Crippen LogP contribution in [-0.4, -0.2) is 49.4 Å². The van der Waals surface area contributed by atoms with Crippen LogP contribution in [-0.2, 0) is 16.1 Å². The number of rotatable bonds is 6. The topological polar surface area (TPSA) is 64.8 Å². The Kier molecular flexibility index (Phi) is 6.52. The zero-order valence-corrected chi connectivity index (χ0v) is 15.2. The molecule has 0 aliphatic carbocycles. The van der Waals surface area contributed by atoms with Crippen molar-refractivity contribution in [3.63, 3.8) is 0 Å². The Balaban J connectivity index is 2.02. The van der Waals surface area contributed by atoms with Gasteiger partial charge >= 0.3 is 6.18 Å². The van der Waals surface area contributed by atoms with Crippen molar-refractivity contribution < 1.29 is 27.4 Å². The second-order valence-corrected chi connectivity index (χ2v) is 6.72. The van der Waals surface area contributed by atoms with Crippen LogP contribution in [0.2, 0.25) is 0 Å². The smallest absolute Gasteiger partial charge is 0.422 e. The SMILES string of the molecule is Cc1cc(CN(C)C(=O)[C@@H]2CC[C@H](CN)O2)cc(C)c1OCC(F)(F)F. The maximum Gasteiger partial charge on any atom is 0.422 e. The van der Waals surface area contributed by atoms with Crippen molar-refractivity contribution in [1.82, 2.24) is 4.90 Å². The van der Waals surface area contributed by atoms with Crippen molar-refractivity contribution in [3.8, 4) is 5.75 Å². The van der Waals surface area contributed by atoms with Crippen molar-refractivity contribution in [2.75, 3.05) is 20.2 Å². The molecule has 2 rings (SSSR count). The number of nitrogens with two attached hydrogens (primary N) is 1. The van der Waals surface area contributed by atoms with E-state index >= 15 is 0 Å². The lowest BCUT2D eigenvalue weighted by molar-refractivity contribution is -0.153. The van der Waals surface area contributed by atoms with Crippen molar-refractivity contribution in [3.05, 3.63) is 28.8 Å². The summed E-state index contributed by atoms with van der Waals surface area (Å²) in [7, 11) is 1.68. The van der Waals surface area contributed by atoms with E-state index in [-0.39, 0.29) is 17.8 Å². The van der Waals surface area contributed by atoms with Crippen molar-refractivity contribution in [1.29, 1.82) is 0 Å². The van der Waals surface area contributed by atoms with Gasteiger partial charge in [0.2, 0.25) is 0 Å². The monoisotopic (exact) mass is 374 g/mol. The average molecular weight is 374 g/mol. The Bertz CT molecular complexity index is 626. The summed E-state index contributed by atoms with van der Waals surface area (Å²) in [4.78, 5) is 14.0. The number of alkyl halides is 3. The number of aryl methyl sites for hydroxylation is 2. The maximum atomic E-state index is 12.5. The van der Waals surface area contributed by atoms with Crippen LogP contribution in [0.3, 0.4) is 0 Å². The summed E-state index contributed by atoms with van der Waals surface area (Å²) in [6.45, 7) is 2.79. The van der Waals surface area contributed by atoms with Gasteiger partial charge in [0.1, 0.15) is 11.9 Å². The van der Waals surface area contributed by atoms with Crippen LogP contribution < -0.4 is 10.5 Å².